The Bertz CT molecular complexity index is 460. The van der Waals surface area contributed by atoms with Crippen LogP contribution in [-0.2, 0) is 0 Å². The van der Waals surface area contributed by atoms with Crippen molar-refractivity contribution in [3.8, 4) is 17.2 Å². The van der Waals surface area contributed by atoms with Crippen LogP contribution >= 0.6 is 0 Å². The van der Waals surface area contributed by atoms with Gasteiger partial charge in [-0.15, -0.1) is 0 Å². The molecule has 1 aromatic rings. The Balaban J connectivity index is 2.58. The largest absolute Gasteiger partial charge is 0.497 e. The molecule has 1 N–H and O–H groups in total. The first-order valence-corrected chi connectivity index (χ1v) is 10.8. The highest BCUT2D eigenvalue weighted by Crippen LogP contribution is 2.35. The zero-order valence-electron chi connectivity index (χ0n) is 14.3. The number of nitrogens with one attached hydrogen (secondary N) is 1. The number of hydrogen-bond donors (Lipinski definition) is 1. The summed E-state index contributed by atoms with van der Waals surface area (Å²) in [5, 5.41) is 4.91. The van der Waals surface area contributed by atoms with Crippen molar-refractivity contribution in [2.75, 3.05) is 34.4 Å². The molecule has 0 saturated carbocycles. The Morgan fingerprint density at radius 1 is 1.00 bits per heavy atom. The first-order valence-electron chi connectivity index (χ1n) is 8.22. The summed E-state index contributed by atoms with van der Waals surface area (Å²) in [5.41, 5.74) is 0. The van der Waals surface area contributed by atoms with Crippen LogP contribution in [0.4, 0.5) is 0 Å². The average Bonchev–Trinajstić information content (AvgIpc) is 2.80. The van der Waals surface area contributed by atoms with E-state index in [-0.39, 0.29) is 0 Å². The van der Waals surface area contributed by atoms with Crippen molar-refractivity contribution in [2.24, 2.45) is 0 Å². The molecule has 5 heteroatoms. The highest BCUT2D eigenvalue weighted by atomic mass is 28.3. The van der Waals surface area contributed by atoms with Crippen molar-refractivity contribution in [1.82, 2.24) is 5.32 Å². The molecule has 1 saturated heterocycles. The third kappa shape index (κ3) is 3.41. The van der Waals surface area contributed by atoms with Crippen LogP contribution in [0.15, 0.2) is 12.1 Å². The summed E-state index contributed by atoms with van der Waals surface area (Å²) >= 11 is 0. The molecule has 0 spiro atoms. The molecule has 1 aliphatic rings. The molecule has 1 unspecified atom stereocenters. The van der Waals surface area contributed by atoms with Gasteiger partial charge >= 0.3 is 0 Å². The van der Waals surface area contributed by atoms with Crippen molar-refractivity contribution in [2.45, 2.75) is 37.9 Å². The first-order chi connectivity index (χ1) is 10.7. The Labute approximate surface area is 135 Å². The summed E-state index contributed by atoms with van der Waals surface area (Å²) in [7, 11) is 3.54. The van der Waals surface area contributed by atoms with E-state index in [0.29, 0.717) is 0 Å². The molecule has 0 bridgehead atoms. The summed E-state index contributed by atoms with van der Waals surface area (Å²) in [6.07, 6.45) is 2.45. The van der Waals surface area contributed by atoms with Gasteiger partial charge in [-0.2, -0.15) is 0 Å². The topological polar surface area (TPSA) is 39.7 Å². The van der Waals surface area contributed by atoms with Crippen LogP contribution in [0.1, 0.15) is 19.8 Å². The second-order valence-corrected chi connectivity index (χ2v) is 10.6. The van der Waals surface area contributed by atoms with Gasteiger partial charge < -0.3 is 19.5 Å². The Morgan fingerprint density at radius 3 is 2.23 bits per heavy atom. The lowest BCUT2D eigenvalue weighted by atomic mass is 10.3. The molecule has 1 atom stereocenters. The number of hydrogen-bond acceptors (Lipinski definition) is 4. The van der Waals surface area contributed by atoms with E-state index in [4.69, 9.17) is 14.2 Å². The normalized spacial score (nSPS) is 22.0. The maximum absolute atomic E-state index is 5.75. The lowest BCUT2D eigenvalue weighted by Crippen LogP contribution is -2.49. The van der Waals surface area contributed by atoms with Crippen molar-refractivity contribution in [1.29, 1.82) is 0 Å². The summed E-state index contributed by atoms with van der Waals surface area (Å²) in [6.45, 7) is 4.51. The highest BCUT2D eigenvalue weighted by molar-refractivity contribution is 6.93. The van der Waals surface area contributed by atoms with E-state index in [1.165, 1.54) is 36.2 Å². The van der Waals surface area contributed by atoms with E-state index in [1.54, 1.807) is 21.3 Å². The summed E-state index contributed by atoms with van der Waals surface area (Å²) in [5.74, 6) is 2.68. The molecule has 4 nitrogen and oxygen atoms in total. The molecule has 1 fully saturated rings. The van der Waals surface area contributed by atoms with Crippen LogP contribution in [0.2, 0.25) is 18.1 Å². The zero-order valence-corrected chi connectivity index (χ0v) is 15.3. The maximum Gasteiger partial charge on any atom is 0.126 e. The molecule has 124 valence electrons. The fourth-order valence-corrected chi connectivity index (χ4v) is 9.12. The molecule has 2 rings (SSSR count). The Kier molecular flexibility index (Phi) is 6.14. The van der Waals surface area contributed by atoms with Gasteiger partial charge in [0.05, 0.1) is 29.4 Å². The molecule has 1 heterocycles. The van der Waals surface area contributed by atoms with Crippen LogP contribution in [0.5, 0.6) is 17.2 Å². The minimum absolute atomic E-state index is 0.796. The van der Waals surface area contributed by atoms with Gasteiger partial charge in [-0.3, -0.25) is 0 Å². The van der Waals surface area contributed by atoms with Gasteiger partial charge in [0.2, 0.25) is 0 Å². The molecule has 0 aromatic heterocycles. The molecular weight excluding hydrogens is 294 g/mol. The van der Waals surface area contributed by atoms with E-state index in [1.807, 2.05) is 12.1 Å². The van der Waals surface area contributed by atoms with Crippen molar-refractivity contribution in [3.63, 3.8) is 0 Å². The number of methoxy groups -OCH3 is 3. The fourth-order valence-electron chi connectivity index (χ4n) is 3.76. The number of rotatable bonds is 6. The second-order valence-electron chi connectivity index (χ2n) is 6.04. The fraction of sp³-hybridized carbons (Fsp3) is 0.647. The average molecular weight is 324 g/mol. The monoisotopic (exact) mass is 323 g/mol. The molecule has 1 aromatic carbocycles. The Hall–Kier alpha value is -1.20. The van der Waals surface area contributed by atoms with E-state index < -0.39 is 8.07 Å². The predicted octanol–water partition coefficient (Wildman–Crippen LogP) is 2.77. The van der Waals surface area contributed by atoms with E-state index in [2.05, 4.69) is 12.2 Å². The van der Waals surface area contributed by atoms with Gasteiger partial charge in [-0.1, -0.05) is 25.4 Å². The van der Waals surface area contributed by atoms with E-state index in [9.17, 15) is 0 Å². The summed E-state index contributed by atoms with van der Waals surface area (Å²) < 4.78 is 16.9. The minimum Gasteiger partial charge on any atom is -0.497 e. The highest BCUT2D eigenvalue weighted by Gasteiger charge is 2.39. The van der Waals surface area contributed by atoms with E-state index >= 15 is 0 Å². The van der Waals surface area contributed by atoms with Crippen molar-refractivity contribution >= 4 is 13.3 Å². The van der Waals surface area contributed by atoms with Crippen LogP contribution in [0, 0.1) is 0 Å². The Morgan fingerprint density at radius 2 is 1.68 bits per heavy atom. The molecule has 0 radical (unpaired) electrons. The molecule has 0 amide bonds. The van der Waals surface area contributed by atoms with Crippen molar-refractivity contribution in [3.05, 3.63) is 12.1 Å². The van der Waals surface area contributed by atoms with Gasteiger partial charge in [-0.05, 0) is 25.6 Å². The van der Waals surface area contributed by atoms with Gasteiger partial charge in [0, 0.05) is 17.3 Å². The summed E-state index contributed by atoms with van der Waals surface area (Å²) in [4.78, 5) is 0. The lowest BCUT2D eigenvalue weighted by Gasteiger charge is -2.33. The van der Waals surface area contributed by atoms with Crippen molar-refractivity contribution < 1.29 is 14.2 Å². The predicted molar refractivity (Wildman–Crippen MR) is 93.7 cm³/mol. The van der Waals surface area contributed by atoms with Gasteiger partial charge in [0.15, 0.2) is 0 Å². The number of benzene rings is 1. The first kappa shape index (κ1) is 17.2. The smallest absolute Gasteiger partial charge is 0.126 e. The third-order valence-corrected chi connectivity index (χ3v) is 10.3. The molecule has 0 aliphatic carbocycles. The van der Waals surface area contributed by atoms with E-state index in [0.717, 1.165) is 30.3 Å². The zero-order chi connectivity index (χ0) is 16.0. The number of ether oxygens (including phenoxy) is 3. The quantitative estimate of drug-likeness (QED) is 0.817. The van der Waals surface area contributed by atoms with Crippen LogP contribution in [-0.4, -0.2) is 42.5 Å². The molecule has 1 aliphatic heterocycles. The third-order valence-electron chi connectivity index (χ3n) is 4.76. The SMILES string of the molecule is CCC[Si]1(c2c(OC)cc(OC)cc2OC)CCCNCC1. The van der Waals surface area contributed by atoms with Crippen LogP contribution < -0.4 is 24.7 Å². The molecule has 22 heavy (non-hydrogen) atoms. The maximum atomic E-state index is 5.75. The van der Waals surface area contributed by atoms with Gasteiger partial charge in [0.1, 0.15) is 17.2 Å². The standard InChI is InChI=1S/C17H29NO3Si/c1-5-9-22(10-6-7-18-8-11-22)17-15(20-3)12-14(19-2)13-16(17)21-4/h12-13,18H,5-11H2,1-4H3. The minimum atomic E-state index is -1.64. The summed E-state index contributed by atoms with van der Waals surface area (Å²) in [6, 6.07) is 7.86. The van der Waals surface area contributed by atoms with Gasteiger partial charge in [-0.25, -0.2) is 0 Å². The van der Waals surface area contributed by atoms with Crippen LogP contribution in [0.25, 0.3) is 0 Å². The van der Waals surface area contributed by atoms with Gasteiger partial charge in [0.25, 0.3) is 0 Å². The molecular formula is C17H29NO3Si. The van der Waals surface area contributed by atoms with Crippen LogP contribution in [0.3, 0.4) is 0 Å². The second kappa shape index (κ2) is 7.88. The lowest BCUT2D eigenvalue weighted by molar-refractivity contribution is 0.379.